The Morgan fingerprint density at radius 2 is 1.19 bits per heavy atom. The molecule has 0 aliphatic rings. The highest BCUT2D eigenvalue weighted by Gasteiger charge is 2.19. The predicted molar refractivity (Wildman–Crippen MR) is 123 cm³/mol. The first kappa shape index (κ1) is 35.0. The molecule has 0 aromatic heterocycles. The lowest BCUT2D eigenvalue weighted by molar-refractivity contribution is -0.135. The molecule has 0 aliphatic heterocycles. The van der Waals surface area contributed by atoms with Crippen molar-refractivity contribution < 1.29 is 68.2 Å². The molecule has 6 atom stereocenters. The molecular weight excluding hydrogens is 488 g/mol. The number of rotatable bonds is 27. The Morgan fingerprint density at radius 3 is 1.75 bits per heavy atom. The van der Waals surface area contributed by atoms with Crippen LogP contribution in [0.4, 0.5) is 0 Å². The standard InChI is InChI=1S/C22H44O14/c1-29-9-19(28)10-31-6-17(7-34-16-26)8-35-22(14-32-12-20(4-24)30-2)15-33-13-21(5-25)36-11-18(27)3-23/h16-25,27-28H,3-15H2,1-2H3. The van der Waals surface area contributed by atoms with Gasteiger partial charge in [0.15, 0.2) is 0 Å². The Labute approximate surface area is 211 Å². The van der Waals surface area contributed by atoms with E-state index in [1.165, 1.54) is 14.2 Å². The average Bonchev–Trinajstić information content (AvgIpc) is 2.88. The average molecular weight is 533 g/mol. The molecular formula is C22H44O14. The van der Waals surface area contributed by atoms with Crippen LogP contribution in [0.1, 0.15) is 0 Å². The minimum Gasteiger partial charge on any atom is -0.467 e. The van der Waals surface area contributed by atoms with Crippen LogP contribution in [0.3, 0.4) is 0 Å². The van der Waals surface area contributed by atoms with Gasteiger partial charge in [-0.05, 0) is 0 Å². The molecule has 14 nitrogen and oxygen atoms in total. The smallest absolute Gasteiger partial charge is 0.293 e. The van der Waals surface area contributed by atoms with Crippen LogP contribution in [0.15, 0.2) is 0 Å². The fraction of sp³-hybridized carbons (Fsp3) is 0.955. The lowest BCUT2D eigenvalue weighted by atomic mass is 10.2. The number of carbonyl (C=O) groups is 1. The van der Waals surface area contributed by atoms with Crippen LogP contribution >= 0.6 is 0 Å². The summed E-state index contributed by atoms with van der Waals surface area (Å²) in [5, 5.41) is 46.6. The molecule has 0 aliphatic carbocycles. The summed E-state index contributed by atoms with van der Waals surface area (Å²) in [4.78, 5) is 10.6. The third kappa shape index (κ3) is 19.1. The van der Waals surface area contributed by atoms with Gasteiger partial charge in [-0.1, -0.05) is 0 Å². The van der Waals surface area contributed by atoms with Crippen molar-refractivity contribution in [3.63, 3.8) is 0 Å². The normalized spacial score (nSPS) is 16.8. The monoisotopic (exact) mass is 532 g/mol. The van der Waals surface area contributed by atoms with Crippen molar-refractivity contribution in [2.24, 2.45) is 5.92 Å². The van der Waals surface area contributed by atoms with E-state index >= 15 is 0 Å². The molecule has 0 bridgehead atoms. The molecule has 6 unspecified atom stereocenters. The highest BCUT2D eigenvalue weighted by molar-refractivity contribution is 5.36. The van der Waals surface area contributed by atoms with E-state index < -0.39 is 37.1 Å². The lowest BCUT2D eigenvalue weighted by Gasteiger charge is -2.24. The molecule has 0 aromatic carbocycles. The summed E-state index contributed by atoms with van der Waals surface area (Å²) in [6.07, 6.45) is -3.66. The number of methoxy groups -OCH3 is 2. The van der Waals surface area contributed by atoms with E-state index in [4.69, 9.17) is 43.0 Å². The van der Waals surface area contributed by atoms with Crippen LogP contribution in [-0.2, 0) is 42.7 Å². The van der Waals surface area contributed by atoms with Crippen molar-refractivity contribution in [3.8, 4) is 0 Å². The van der Waals surface area contributed by atoms with Crippen LogP contribution in [0.2, 0.25) is 0 Å². The Hall–Kier alpha value is -1.01. The second kappa shape index (κ2) is 24.3. The topological polar surface area (TPSA) is 192 Å². The number of hydrogen-bond acceptors (Lipinski definition) is 14. The molecule has 0 saturated carbocycles. The predicted octanol–water partition coefficient (Wildman–Crippen LogP) is -3.04. The number of carbonyl (C=O) groups excluding carboxylic acids is 1. The zero-order chi connectivity index (χ0) is 27.0. The molecule has 0 saturated heterocycles. The van der Waals surface area contributed by atoms with Crippen LogP contribution in [-0.4, -0.2) is 163 Å². The van der Waals surface area contributed by atoms with Gasteiger partial charge in [-0.3, -0.25) is 4.79 Å². The van der Waals surface area contributed by atoms with Gasteiger partial charge in [0.25, 0.3) is 6.47 Å². The van der Waals surface area contributed by atoms with Gasteiger partial charge in [0.2, 0.25) is 0 Å². The Kier molecular flexibility index (Phi) is 23.7. The van der Waals surface area contributed by atoms with Gasteiger partial charge in [-0.2, -0.15) is 0 Å². The fourth-order valence-electron chi connectivity index (χ4n) is 2.66. The molecule has 0 spiro atoms. The summed E-state index contributed by atoms with van der Waals surface area (Å²) in [6, 6.07) is 0. The van der Waals surface area contributed by atoms with Crippen molar-refractivity contribution in [3.05, 3.63) is 0 Å². The second-order valence-corrected chi connectivity index (χ2v) is 7.99. The zero-order valence-electron chi connectivity index (χ0n) is 21.1. The third-order valence-corrected chi connectivity index (χ3v) is 4.68. The molecule has 0 fully saturated rings. The summed E-state index contributed by atoms with van der Waals surface area (Å²) in [5.41, 5.74) is 0. The maximum atomic E-state index is 10.6. The Bertz CT molecular complexity index is 482. The molecule has 0 radical (unpaired) electrons. The highest BCUT2D eigenvalue weighted by Crippen LogP contribution is 2.06. The molecule has 0 amide bonds. The second-order valence-electron chi connectivity index (χ2n) is 7.99. The fourth-order valence-corrected chi connectivity index (χ4v) is 2.66. The third-order valence-electron chi connectivity index (χ3n) is 4.68. The summed E-state index contributed by atoms with van der Waals surface area (Å²) < 4.78 is 42.6. The van der Waals surface area contributed by atoms with Gasteiger partial charge < -0.3 is 63.4 Å². The SMILES string of the molecule is COCC(O)COCC(COC=O)COC(COCC(CO)OC)COCC(CO)OCC(O)CO. The largest absolute Gasteiger partial charge is 0.467 e. The molecule has 36 heavy (non-hydrogen) atoms. The summed E-state index contributed by atoms with van der Waals surface area (Å²) in [7, 11) is 2.91. The van der Waals surface area contributed by atoms with Crippen molar-refractivity contribution in [1.82, 2.24) is 0 Å². The number of hydrogen-bond donors (Lipinski definition) is 5. The Morgan fingerprint density at radius 1 is 0.611 bits per heavy atom. The van der Waals surface area contributed by atoms with Crippen LogP contribution in [0, 0.1) is 5.92 Å². The first-order chi connectivity index (χ1) is 17.4. The van der Waals surface area contributed by atoms with Gasteiger partial charge in [-0.15, -0.1) is 0 Å². The molecule has 0 rings (SSSR count). The van der Waals surface area contributed by atoms with Crippen molar-refractivity contribution >= 4 is 6.47 Å². The van der Waals surface area contributed by atoms with E-state index in [0.29, 0.717) is 6.47 Å². The van der Waals surface area contributed by atoms with Crippen LogP contribution in [0.25, 0.3) is 0 Å². The maximum absolute atomic E-state index is 10.6. The van der Waals surface area contributed by atoms with Gasteiger partial charge in [0.1, 0.15) is 30.5 Å². The van der Waals surface area contributed by atoms with Crippen LogP contribution in [0.5, 0.6) is 0 Å². The zero-order valence-corrected chi connectivity index (χ0v) is 21.1. The van der Waals surface area contributed by atoms with E-state index in [2.05, 4.69) is 0 Å². The molecule has 216 valence electrons. The van der Waals surface area contributed by atoms with Gasteiger partial charge in [-0.25, -0.2) is 0 Å². The molecule has 14 heteroatoms. The van der Waals surface area contributed by atoms with Gasteiger partial charge in [0, 0.05) is 20.1 Å². The van der Waals surface area contributed by atoms with Crippen molar-refractivity contribution in [2.75, 3.05) is 100 Å². The summed E-state index contributed by atoms with van der Waals surface area (Å²) in [5.74, 6) is -0.342. The molecule has 5 N–H and O–H groups in total. The van der Waals surface area contributed by atoms with E-state index in [1.807, 2.05) is 0 Å². The van der Waals surface area contributed by atoms with E-state index in [9.17, 15) is 25.2 Å². The summed E-state index contributed by atoms with van der Waals surface area (Å²) in [6.45, 7) is -0.194. The maximum Gasteiger partial charge on any atom is 0.293 e. The molecule has 0 aromatic rings. The van der Waals surface area contributed by atoms with E-state index in [0.717, 1.165) is 0 Å². The van der Waals surface area contributed by atoms with E-state index in [-0.39, 0.29) is 85.2 Å². The summed E-state index contributed by atoms with van der Waals surface area (Å²) >= 11 is 0. The minimum absolute atomic E-state index is 0.00990. The number of aliphatic hydroxyl groups excluding tert-OH is 5. The molecule has 0 heterocycles. The van der Waals surface area contributed by atoms with Crippen molar-refractivity contribution in [2.45, 2.75) is 30.5 Å². The van der Waals surface area contributed by atoms with E-state index in [1.54, 1.807) is 0 Å². The van der Waals surface area contributed by atoms with Crippen LogP contribution < -0.4 is 0 Å². The van der Waals surface area contributed by atoms with Crippen molar-refractivity contribution in [1.29, 1.82) is 0 Å². The lowest BCUT2D eigenvalue weighted by Crippen LogP contribution is -2.35. The number of ether oxygens (including phenoxy) is 8. The number of aliphatic hydroxyl groups is 5. The first-order valence-corrected chi connectivity index (χ1v) is 11.7. The minimum atomic E-state index is -1.06. The quantitative estimate of drug-likeness (QED) is 0.0670. The Balaban J connectivity index is 4.80. The first-order valence-electron chi connectivity index (χ1n) is 11.7. The van der Waals surface area contributed by atoms with Gasteiger partial charge in [0.05, 0.1) is 85.9 Å². The van der Waals surface area contributed by atoms with Gasteiger partial charge >= 0.3 is 0 Å². The highest BCUT2D eigenvalue weighted by atomic mass is 16.6.